The van der Waals surface area contributed by atoms with Crippen molar-refractivity contribution in [3.8, 4) is 22.4 Å². The zero-order valence-electron chi connectivity index (χ0n) is 16.2. The van der Waals surface area contributed by atoms with Crippen LogP contribution in [0.25, 0.3) is 33.4 Å². The van der Waals surface area contributed by atoms with Crippen molar-refractivity contribution in [2.75, 3.05) is 6.61 Å². The lowest BCUT2D eigenvalue weighted by atomic mass is 10.0. The van der Waals surface area contributed by atoms with Crippen LogP contribution >= 0.6 is 0 Å². The molecule has 0 aliphatic carbocycles. The summed E-state index contributed by atoms with van der Waals surface area (Å²) in [6.45, 7) is 1.32. The fourth-order valence-corrected chi connectivity index (χ4v) is 4.42. The number of aliphatic hydroxyl groups is 1. The molecule has 0 fully saturated rings. The van der Waals surface area contributed by atoms with Gasteiger partial charge in [0.05, 0.1) is 28.2 Å². The van der Waals surface area contributed by atoms with E-state index in [0.29, 0.717) is 11.3 Å². The maximum Gasteiger partial charge on any atom is 0.240 e. The average molecular weight is 420 g/mol. The number of sulfonamides is 1. The summed E-state index contributed by atoms with van der Waals surface area (Å²) in [6, 6.07) is 15.4. The molecule has 0 aliphatic heterocycles. The minimum Gasteiger partial charge on any atom is -0.395 e. The van der Waals surface area contributed by atoms with Crippen LogP contribution in [0.1, 0.15) is 6.92 Å². The number of rotatable bonds is 6. The summed E-state index contributed by atoms with van der Waals surface area (Å²) in [5, 5.41) is 9.15. The van der Waals surface area contributed by atoms with Gasteiger partial charge in [0, 0.05) is 35.8 Å². The van der Waals surface area contributed by atoms with Crippen LogP contribution in [0.3, 0.4) is 0 Å². The first-order valence-corrected chi connectivity index (χ1v) is 10.9. The Kier molecular flexibility index (Phi) is 5.54. The fourth-order valence-electron chi connectivity index (χ4n) is 3.14. The Morgan fingerprint density at radius 3 is 2.57 bits per heavy atom. The quantitative estimate of drug-likeness (QED) is 0.497. The number of nitrogens with one attached hydrogen (secondary N) is 1. The highest BCUT2D eigenvalue weighted by molar-refractivity contribution is 7.89. The summed E-state index contributed by atoms with van der Waals surface area (Å²) in [5.74, 6) is 0. The summed E-state index contributed by atoms with van der Waals surface area (Å²) in [6.07, 6.45) is 5.18. The third-order valence-corrected chi connectivity index (χ3v) is 6.23. The van der Waals surface area contributed by atoms with E-state index in [1.54, 1.807) is 37.6 Å². The Bertz CT molecular complexity index is 1290. The van der Waals surface area contributed by atoms with Gasteiger partial charge in [-0.1, -0.05) is 12.1 Å². The van der Waals surface area contributed by atoms with Crippen molar-refractivity contribution in [3.63, 3.8) is 0 Å². The first-order chi connectivity index (χ1) is 14.5. The molecule has 0 saturated heterocycles. The minimum atomic E-state index is -3.75. The van der Waals surface area contributed by atoms with E-state index in [1.165, 1.54) is 6.07 Å². The molecule has 0 spiro atoms. The van der Waals surface area contributed by atoms with Crippen molar-refractivity contribution in [2.45, 2.75) is 17.9 Å². The Morgan fingerprint density at radius 1 is 1.00 bits per heavy atom. The molecule has 0 radical (unpaired) electrons. The highest BCUT2D eigenvalue weighted by Gasteiger charge is 2.18. The molecule has 0 bridgehead atoms. The molecule has 0 amide bonds. The van der Waals surface area contributed by atoms with Crippen LogP contribution in [-0.4, -0.2) is 41.1 Å². The molecule has 3 heterocycles. The number of hydrogen-bond acceptors (Lipinski definition) is 6. The predicted octanol–water partition coefficient (Wildman–Crippen LogP) is 3.02. The predicted molar refractivity (Wildman–Crippen MR) is 115 cm³/mol. The molecule has 30 heavy (non-hydrogen) atoms. The SMILES string of the molecule is C[C@@H](CO)NS(=O)(=O)c1cccc(-c2ccc3nccc(-c4ccncc4)c3n2)c1. The fraction of sp³-hybridized carbons (Fsp3) is 0.136. The van der Waals surface area contributed by atoms with Gasteiger partial charge in [-0.25, -0.2) is 18.1 Å². The van der Waals surface area contributed by atoms with Crippen LogP contribution < -0.4 is 4.72 Å². The normalized spacial score (nSPS) is 12.7. The van der Waals surface area contributed by atoms with Crippen LogP contribution in [0.4, 0.5) is 0 Å². The van der Waals surface area contributed by atoms with Gasteiger partial charge in [-0.2, -0.15) is 0 Å². The maximum absolute atomic E-state index is 12.6. The molecular formula is C22H20N4O3S. The molecule has 0 unspecified atom stereocenters. The zero-order valence-corrected chi connectivity index (χ0v) is 17.0. The van der Waals surface area contributed by atoms with Crippen molar-refractivity contribution < 1.29 is 13.5 Å². The van der Waals surface area contributed by atoms with E-state index in [4.69, 9.17) is 10.1 Å². The first kappa shape index (κ1) is 20.1. The summed E-state index contributed by atoms with van der Waals surface area (Å²) in [5.41, 5.74) is 4.67. The van der Waals surface area contributed by atoms with Crippen molar-refractivity contribution in [1.82, 2.24) is 19.7 Å². The highest BCUT2D eigenvalue weighted by atomic mass is 32.2. The van der Waals surface area contributed by atoms with Crippen molar-refractivity contribution in [2.24, 2.45) is 0 Å². The first-order valence-electron chi connectivity index (χ1n) is 9.38. The topological polar surface area (TPSA) is 105 Å². The molecule has 7 nitrogen and oxygen atoms in total. The van der Waals surface area contributed by atoms with Gasteiger partial charge in [0.15, 0.2) is 0 Å². The molecule has 8 heteroatoms. The number of benzene rings is 1. The van der Waals surface area contributed by atoms with Gasteiger partial charge in [-0.3, -0.25) is 9.97 Å². The number of nitrogens with zero attached hydrogens (tertiary/aromatic N) is 3. The van der Waals surface area contributed by atoms with Crippen LogP contribution in [0.15, 0.2) is 78.1 Å². The van der Waals surface area contributed by atoms with E-state index in [-0.39, 0.29) is 11.5 Å². The molecule has 1 aromatic carbocycles. The molecule has 4 rings (SSSR count). The summed E-state index contributed by atoms with van der Waals surface area (Å²) in [4.78, 5) is 13.4. The van der Waals surface area contributed by atoms with Crippen molar-refractivity contribution in [3.05, 3.63) is 73.2 Å². The van der Waals surface area contributed by atoms with Gasteiger partial charge < -0.3 is 5.11 Å². The third-order valence-electron chi connectivity index (χ3n) is 4.65. The lowest BCUT2D eigenvalue weighted by molar-refractivity contribution is 0.265. The monoisotopic (exact) mass is 420 g/mol. The second-order valence-electron chi connectivity index (χ2n) is 6.89. The number of hydrogen-bond donors (Lipinski definition) is 2. The third kappa shape index (κ3) is 4.06. The summed E-state index contributed by atoms with van der Waals surface area (Å²) >= 11 is 0. The molecule has 0 aliphatic rings. The minimum absolute atomic E-state index is 0.114. The number of fused-ring (bicyclic) bond motifs is 1. The van der Waals surface area contributed by atoms with Crippen LogP contribution in [0.5, 0.6) is 0 Å². The van der Waals surface area contributed by atoms with Gasteiger partial charge in [0.2, 0.25) is 10.0 Å². The molecule has 4 aromatic rings. The molecule has 1 atom stereocenters. The lowest BCUT2D eigenvalue weighted by Gasteiger charge is -2.12. The van der Waals surface area contributed by atoms with Gasteiger partial charge in [-0.15, -0.1) is 0 Å². The van der Waals surface area contributed by atoms with Crippen LogP contribution in [0.2, 0.25) is 0 Å². The Morgan fingerprint density at radius 2 is 1.80 bits per heavy atom. The van der Waals surface area contributed by atoms with Gasteiger partial charge in [-0.05, 0) is 55.0 Å². The smallest absolute Gasteiger partial charge is 0.240 e. The standard InChI is InChI=1S/C22H20N4O3S/c1-15(14-27)26-30(28,29)18-4-2-3-17(13-18)20-5-6-21-22(25-20)19(9-12-24-21)16-7-10-23-11-8-16/h2-13,15,26-27H,14H2,1H3/t15-/m0/s1. The Balaban J connectivity index is 1.79. The second kappa shape index (κ2) is 8.27. The van der Waals surface area contributed by atoms with E-state index in [2.05, 4.69) is 14.7 Å². The van der Waals surface area contributed by atoms with Crippen LogP contribution in [-0.2, 0) is 10.0 Å². The van der Waals surface area contributed by atoms with Crippen molar-refractivity contribution in [1.29, 1.82) is 0 Å². The summed E-state index contributed by atoms with van der Waals surface area (Å²) < 4.78 is 27.6. The van der Waals surface area contributed by atoms with E-state index in [9.17, 15) is 8.42 Å². The molecular weight excluding hydrogens is 400 g/mol. The Hall–Kier alpha value is -3.20. The largest absolute Gasteiger partial charge is 0.395 e. The molecule has 152 valence electrons. The molecule has 2 N–H and O–H groups in total. The summed E-state index contributed by atoms with van der Waals surface area (Å²) in [7, 11) is -3.75. The van der Waals surface area contributed by atoms with Crippen LogP contribution in [0, 0.1) is 0 Å². The average Bonchev–Trinajstić information content (AvgIpc) is 2.78. The number of pyridine rings is 3. The van der Waals surface area contributed by atoms with Gasteiger partial charge in [0.1, 0.15) is 0 Å². The zero-order chi connectivity index (χ0) is 21.1. The van der Waals surface area contributed by atoms with Crippen molar-refractivity contribution >= 4 is 21.1 Å². The second-order valence-corrected chi connectivity index (χ2v) is 8.61. The van der Waals surface area contributed by atoms with E-state index < -0.39 is 16.1 Å². The number of aliphatic hydroxyl groups excluding tert-OH is 1. The van der Waals surface area contributed by atoms with E-state index >= 15 is 0 Å². The Labute approximate surface area is 174 Å². The van der Waals surface area contributed by atoms with Gasteiger partial charge in [0.25, 0.3) is 0 Å². The van der Waals surface area contributed by atoms with E-state index in [1.807, 2.05) is 36.4 Å². The van der Waals surface area contributed by atoms with E-state index in [0.717, 1.165) is 22.2 Å². The highest BCUT2D eigenvalue weighted by Crippen LogP contribution is 2.29. The number of aromatic nitrogens is 3. The van der Waals surface area contributed by atoms with Gasteiger partial charge >= 0.3 is 0 Å². The maximum atomic E-state index is 12.6. The lowest BCUT2D eigenvalue weighted by Crippen LogP contribution is -2.34. The molecule has 0 saturated carbocycles. The molecule has 3 aromatic heterocycles.